The van der Waals surface area contributed by atoms with E-state index in [1.165, 1.54) is 25.2 Å². The second-order valence-corrected chi connectivity index (χ2v) is 8.36. The molecule has 1 aromatic carbocycles. The van der Waals surface area contributed by atoms with E-state index in [0.717, 1.165) is 23.5 Å². The highest BCUT2D eigenvalue weighted by atomic mass is 32.2. The van der Waals surface area contributed by atoms with Crippen LogP contribution in [0.25, 0.3) is 0 Å². The molecule has 0 unspecified atom stereocenters. The van der Waals surface area contributed by atoms with E-state index in [-0.39, 0.29) is 23.1 Å². The van der Waals surface area contributed by atoms with Crippen molar-refractivity contribution in [2.24, 2.45) is 0 Å². The van der Waals surface area contributed by atoms with Crippen LogP contribution < -0.4 is 10.0 Å². The Labute approximate surface area is 146 Å². The number of nitrogens with one attached hydrogen (secondary N) is 2. The summed E-state index contributed by atoms with van der Waals surface area (Å²) in [5.41, 5.74) is -0.316. The van der Waals surface area contributed by atoms with Gasteiger partial charge in [0.15, 0.2) is 0 Å². The predicted octanol–water partition coefficient (Wildman–Crippen LogP) is 2.53. The van der Waals surface area contributed by atoms with E-state index in [2.05, 4.69) is 10.0 Å². The number of hydrogen-bond acceptors (Lipinski definition) is 4. The second-order valence-electron chi connectivity index (χ2n) is 5.08. The third kappa shape index (κ3) is 5.28. The lowest BCUT2D eigenvalue weighted by molar-refractivity contribution is -0.137. The monoisotopic (exact) mass is 392 g/mol. The van der Waals surface area contributed by atoms with Crippen molar-refractivity contribution >= 4 is 27.3 Å². The van der Waals surface area contributed by atoms with Gasteiger partial charge in [0.1, 0.15) is 4.21 Å². The average Bonchev–Trinajstić information content (AvgIpc) is 3.02. The Balaban J connectivity index is 1.91. The Morgan fingerprint density at radius 3 is 2.32 bits per heavy atom. The fourth-order valence-electron chi connectivity index (χ4n) is 1.94. The molecule has 0 aliphatic heterocycles. The topological polar surface area (TPSA) is 75.3 Å². The van der Waals surface area contributed by atoms with Crippen LogP contribution >= 0.6 is 11.3 Å². The molecule has 136 valence electrons. The molecule has 2 rings (SSSR count). The van der Waals surface area contributed by atoms with Gasteiger partial charge in [-0.15, -0.1) is 11.3 Å². The summed E-state index contributed by atoms with van der Waals surface area (Å²) in [5.74, 6) is -0.369. The summed E-state index contributed by atoms with van der Waals surface area (Å²) in [5, 5.41) is 2.61. The van der Waals surface area contributed by atoms with Crippen LogP contribution in [0.15, 0.2) is 40.6 Å². The molecule has 1 amide bonds. The van der Waals surface area contributed by atoms with Gasteiger partial charge in [-0.05, 0) is 36.9 Å². The summed E-state index contributed by atoms with van der Waals surface area (Å²) < 4.78 is 63.0. The van der Waals surface area contributed by atoms with Crippen molar-refractivity contribution in [3.8, 4) is 0 Å². The Morgan fingerprint density at radius 1 is 1.12 bits per heavy atom. The number of amides is 1. The Hall–Kier alpha value is -1.91. The number of benzene rings is 1. The summed E-state index contributed by atoms with van der Waals surface area (Å²) in [6.07, 6.45) is -4.48. The highest BCUT2D eigenvalue weighted by Crippen LogP contribution is 2.29. The van der Waals surface area contributed by atoms with Gasteiger partial charge in [0, 0.05) is 4.88 Å². The molecule has 1 aromatic heterocycles. The highest BCUT2D eigenvalue weighted by molar-refractivity contribution is 7.91. The van der Waals surface area contributed by atoms with Gasteiger partial charge in [-0.2, -0.15) is 13.2 Å². The molecule has 0 bridgehead atoms. The van der Waals surface area contributed by atoms with Gasteiger partial charge < -0.3 is 5.32 Å². The number of hydrogen-bond donors (Lipinski definition) is 2. The van der Waals surface area contributed by atoms with E-state index in [1.54, 1.807) is 6.07 Å². The maximum Gasteiger partial charge on any atom is 0.416 e. The fourth-order valence-corrected chi connectivity index (χ4v) is 4.08. The number of carbonyl (C=O) groups excluding carboxylic acids is 1. The van der Waals surface area contributed by atoms with Crippen molar-refractivity contribution in [1.82, 2.24) is 10.0 Å². The lowest BCUT2D eigenvalue weighted by atomic mass is 10.1. The normalized spacial score (nSPS) is 12.2. The van der Waals surface area contributed by atoms with E-state index in [4.69, 9.17) is 0 Å². The zero-order valence-corrected chi connectivity index (χ0v) is 14.7. The fraction of sp³-hybridized carbons (Fsp3) is 0.267. The van der Waals surface area contributed by atoms with Crippen LogP contribution in [-0.4, -0.2) is 21.4 Å². The summed E-state index contributed by atoms with van der Waals surface area (Å²) in [4.78, 5) is 12.5. The molecule has 0 atom stereocenters. The maximum absolute atomic E-state index is 12.5. The predicted molar refractivity (Wildman–Crippen MR) is 87.6 cm³/mol. The van der Waals surface area contributed by atoms with Crippen LogP contribution in [0.3, 0.4) is 0 Å². The molecule has 1 heterocycles. The molecule has 2 aromatic rings. The van der Waals surface area contributed by atoms with Gasteiger partial charge in [-0.25, -0.2) is 13.1 Å². The zero-order chi connectivity index (χ0) is 18.7. The van der Waals surface area contributed by atoms with Crippen LogP contribution in [0, 0.1) is 0 Å². The minimum Gasteiger partial charge on any atom is -0.351 e. The van der Waals surface area contributed by atoms with E-state index in [1.807, 2.05) is 0 Å². The van der Waals surface area contributed by atoms with Crippen LogP contribution in [0.4, 0.5) is 13.2 Å². The van der Waals surface area contributed by atoms with Gasteiger partial charge in [0.2, 0.25) is 15.9 Å². The molecule has 5 nitrogen and oxygen atoms in total. The van der Waals surface area contributed by atoms with Crippen molar-refractivity contribution in [1.29, 1.82) is 0 Å². The Morgan fingerprint density at radius 2 is 1.76 bits per heavy atom. The molecule has 10 heteroatoms. The van der Waals surface area contributed by atoms with Gasteiger partial charge in [0.25, 0.3) is 0 Å². The first-order chi connectivity index (χ1) is 11.6. The number of carbonyl (C=O) groups is 1. The van der Waals surface area contributed by atoms with Gasteiger partial charge in [-0.1, -0.05) is 12.1 Å². The summed E-state index contributed by atoms with van der Waals surface area (Å²) in [7, 11) is -2.21. The van der Waals surface area contributed by atoms with Crippen molar-refractivity contribution in [3.63, 3.8) is 0 Å². The van der Waals surface area contributed by atoms with Crippen LogP contribution in [0.5, 0.6) is 0 Å². The third-order valence-corrected chi connectivity index (χ3v) is 6.27. The second kappa shape index (κ2) is 7.54. The number of sulfonamides is 1. The molecular formula is C15H15F3N2O3S2. The van der Waals surface area contributed by atoms with Gasteiger partial charge in [0.05, 0.1) is 18.5 Å². The third-order valence-electron chi connectivity index (χ3n) is 3.28. The van der Waals surface area contributed by atoms with Crippen LogP contribution in [0.1, 0.15) is 16.0 Å². The van der Waals surface area contributed by atoms with Crippen molar-refractivity contribution in [2.75, 3.05) is 7.05 Å². The summed E-state index contributed by atoms with van der Waals surface area (Å²) >= 11 is 1.03. The first-order valence-corrected chi connectivity index (χ1v) is 9.37. The molecule has 0 fully saturated rings. The molecule has 0 saturated heterocycles. The van der Waals surface area contributed by atoms with Crippen molar-refractivity contribution in [3.05, 3.63) is 52.4 Å². The molecule has 25 heavy (non-hydrogen) atoms. The number of alkyl halides is 3. The summed E-state index contributed by atoms with van der Waals surface area (Å²) in [6, 6.07) is 7.39. The molecule has 0 aliphatic rings. The minimum absolute atomic E-state index is 0.0643. The molecule has 0 spiro atoms. The van der Waals surface area contributed by atoms with E-state index < -0.39 is 21.8 Å². The maximum atomic E-state index is 12.5. The molecule has 0 saturated carbocycles. The average molecular weight is 392 g/mol. The largest absolute Gasteiger partial charge is 0.416 e. The van der Waals surface area contributed by atoms with Crippen molar-refractivity contribution < 1.29 is 26.4 Å². The van der Waals surface area contributed by atoms with Crippen LogP contribution in [0.2, 0.25) is 0 Å². The number of thiophene rings is 1. The standard InChI is InChI=1S/C15H15F3N2O3S2/c1-19-25(22,23)14-7-6-12(24-14)9-20-13(21)8-10-2-4-11(5-3-10)15(16,17)18/h2-7,19H,8-9H2,1H3,(H,20,21). The minimum atomic E-state index is -4.41. The number of halogens is 3. The molecule has 2 N–H and O–H groups in total. The van der Waals surface area contributed by atoms with Crippen molar-refractivity contribution in [2.45, 2.75) is 23.4 Å². The highest BCUT2D eigenvalue weighted by Gasteiger charge is 2.29. The quantitative estimate of drug-likeness (QED) is 0.793. The van der Waals surface area contributed by atoms with Crippen LogP contribution in [-0.2, 0) is 34.0 Å². The van der Waals surface area contributed by atoms with Gasteiger partial charge >= 0.3 is 6.18 Å². The molecular weight excluding hydrogens is 377 g/mol. The molecule has 0 radical (unpaired) electrons. The number of rotatable bonds is 6. The smallest absolute Gasteiger partial charge is 0.351 e. The van der Waals surface area contributed by atoms with E-state index in [9.17, 15) is 26.4 Å². The molecule has 0 aliphatic carbocycles. The Kier molecular flexibility index (Phi) is 5.86. The lowest BCUT2D eigenvalue weighted by Gasteiger charge is -2.08. The zero-order valence-electron chi connectivity index (χ0n) is 13.1. The van der Waals surface area contributed by atoms with E-state index in [0.29, 0.717) is 10.4 Å². The lowest BCUT2D eigenvalue weighted by Crippen LogP contribution is -2.24. The first-order valence-electron chi connectivity index (χ1n) is 7.07. The summed E-state index contributed by atoms with van der Waals surface area (Å²) in [6.45, 7) is 0.142. The van der Waals surface area contributed by atoms with Gasteiger partial charge in [-0.3, -0.25) is 4.79 Å². The van der Waals surface area contributed by atoms with E-state index >= 15 is 0 Å². The first kappa shape index (κ1) is 19.4. The Bertz CT molecular complexity index is 844. The SMILES string of the molecule is CNS(=O)(=O)c1ccc(CNC(=O)Cc2ccc(C(F)(F)F)cc2)s1.